The highest BCUT2D eigenvalue weighted by Crippen LogP contribution is 2.39. The second-order valence-corrected chi connectivity index (χ2v) is 9.78. The largest absolute Gasteiger partial charge is 0.444 e. The molecule has 0 bridgehead atoms. The SMILES string of the molecule is Cc1cc(C)c2c(-n3cccc3)c(NC(=O)OCc3ccc(C(C)(C)C)cc3)sc2n1. The number of aromatic nitrogens is 2. The molecule has 5 nitrogen and oxygen atoms in total. The summed E-state index contributed by atoms with van der Waals surface area (Å²) in [6.45, 7) is 10.8. The number of nitrogens with zero attached hydrogens (tertiary/aromatic N) is 2. The first-order chi connectivity index (χ1) is 14.7. The first-order valence-corrected chi connectivity index (χ1v) is 11.1. The summed E-state index contributed by atoms with van der Waals surface area (Å²) in [5.41, 5.74) is 5.30. The number of pyridine rings is 1. The van der Waals surface area contributed by atoms with E-state index in [-0.39, 0.29) is 12.0 Å². The monoisotopic (exact) mass is 433 g/mol. The number of carbonyl (C=O) groups is 1. The Hall–Kier alpha value is -3.12. The van der Waals surface area contributed by atoms with Crippen LogP contribution in [0.15, 0.2) is 54.9 Å². The Labute approximate surface area is 186 Å². The third kappa shape index (κ3) is 4.49. The molecule has 4 rings (SSSR count). The van der Waals surface area contributed by atoms with E-state index in [2.05, 4.69) is 56.2 Å². The Kier molecular flexibility index (Phi) is 5.58. The molecule has 0 radical (unpaired) electrons. The van der Waals surface area contributed by atoms with E-state index in [4.69, 9.17) is 4.74 Å². The number of rotatable bonds is 4. The fourth-order valence-corrected chi connectivity index (χ4v) is 4.80. The van der Waals surface area contributed by atoms with Crippen LogP contribution in [0.4, 0.5) is 9.80 Å². The number of anilines is 1. The molecule has 4 aromatic rings. The second kappa shape index (κ2) is 8.19. The van der Waals surface area contributed by atoms with Gasteiger partial charge in [0.25, 0.3) is 0 Å². The van der Waals surface area contributed by atoms with E-state index >= 15 is 0 Å². The predicted octanol–water partition coefficient (Wildman–Crippen LogP) is 6.75. The second-order valence-electron chi connectivity index (χ2n) is 8.78. The first-order valence-electron chi connectivity index (χ1n) is 10.3. The van der Waals surface area contributed by atoms with Crippen LogP contribution in [-0.2, 0) is 16.8 Å². The van der Waals surface area contributed by atoms with E-state index in [9.17, 15) is 4.79 Å². The molecule has 0 fully saturated rings. The van der Waals surface area contributed by atoms with Crippen molar-refractivity contribution in [3.8, 4) is 5.69 Å². The molecule has 0 saturated heterocycles. The maximum Gasteiger partial charge on any atom is 0.412 e. The molecule has 3 aromatic heterocycles. The van der Waals surface area contributed by atoms with Gasteiger partial charge in [-0.05, 0) is 54.2 Å². The number of hydrogen-bond acceptors (Lipinski definition) is 4. The lowest BCUT2D eigenvalue weighted by atomic mass is 9.87. The Morgan fingerprint density at radius 2 is 1.81 bits per heavy atom. The van der Waals surface area contributed by atoms with Gasteiger partial charge in [-0.2, -0.15) is 0 Å². The fraction of sp³-hybridized carbons (Fsp3) is 0.280. The lowest BCUT2D eigenvalue weighted by Gasteiger charge is -2.19. The maximum absolute atomic E-state index is 12.6. The van der Waals surface area contributed by atoms with Crippen LogP contribution >= 0.6 is 11.3 Å². The number of ether oxygens (including phenoxy) is 1. The van der Waals surface area contributed by atoms with Crippen LogP contribution in [0.5, 0.6) is 0 Å². The summed E-state index contributed by atoms with van der Waals surface area (Å²) in [6, 6.07) is 14.2. The van der Waals surface area contributed by atoms with E-state index in [1.807, 2.05) is 48.1 Å². The van der Waals surface area contributed by atoms with Gasteiger partial charge in [-0.25, -0.2) is 9.78 Å². The zero-order valence-electron chi connectivity index (χ0n) is 18.5. The van der Waals surface area contributed by atoms with Gasteiger partial charge in [0, 0.05) is 23.5 Å². The van der Waals surface area contributed by atoms with Crippen molar-refractivity contribution in [3.63, 3.8) is 0 Å². The van der Waals surface area contributed by atoms with Gasteiger partial charge in [-0.1, -0.05) is 56.4 Å². The fourth-order valence-electron chi connectivity index (χ4n) is 3.62. The highest BCUT2D eigenvalue weighted by molar-refractivity contribution is 7.23. The Morgan fingerprint density at radius 1 is 1.13 bits per heavy atom. The number of nitrogens with one attached hydrogen (secondary N) is 1. The van der Waals surface area contributed by atoms with Crippen molar-refractivity contribution in [3.05, 3.63) is 77.2 Å². The summed E-state index contributed by atoms with van der Waals surface area (Å²) >= 11 is 1.46. The molecule has 0 aliphatic rings. The van der Waals surface area contributed by atoms with Crippen LogP contribution in [-0.4, -0.2) is 15.6 Å². The van der Waals surface area contributed by atoms with Gasteiger partial charge in [-0.3, -0.25) is 5.32 Å². The molecule has 0 aliphatic carbocycles. The molecule has 1 aromatic carbocycles. The van der Waals surface area contributed by atoms with Gasteiger partial charge in [0.2, 0.25) is 0 Å². The molecule has 0 saturated carbocycles. The van der Waals surface area contributed by atoms with Crippen molar-refractivity contribution in [2.75, 3.05) is 5.32 Å². The van der Waals surface area contributed by atoms with Crippen molar-refractivity contribution in [1.29, 1.82) is 0 Å². The molecule has 1 N–H and O–H groups in total. The van der Waals surface area contributed by atoms with Crippen LogP contribution in [0.2, 0.25) is 0 Å². The van der Waals surface area contributed by atoms with Gasteiger partial charge in [0.15, 0.2) is 0 Å². The average molecular weight is 434 g/mol. The Balaban J connectivity index is 1.55. The molecular formula is C25H27N3O2S. The molecular weight excluding hydrogens is 406 g/mol. The molecule has 6 heteroatoms. The van der Waals surface area contributed by atoms with Crippen molar-refractivity contribution in [2.45, 2.75) is 46.6 Å². The first kappa shape index (κ1) is 21.1. The lowest BCUT2D eigenvalue weighted by Crippen LogP contribution is -2.14. The van der Waals surface area contributed by atoms with Crippen molar-refractivity contribution in [1.82, 2.24) is 9.55 Å². The van der Waals surface area contributed by atoms with Crippen LogP contribution in [0, 0.1) is 13.8 Å². The number of benzene rings is 1. The molecule has 0 unspecified atom stereocenters. The summed E-state index contributed by atoms with van der Waals surface area (Å²) in [5, 5.41) is 4.70. The smallest absolute Gasteiger partial charge is 0.412 e. The van der Waals surface area contributed by atoms with Crippen molar-refractivity contribution in [2.24, 2.45) is 0 Å². The normalized spacial score (nSPS) is 11.6. The van der Waals surface area contributed by atoms with E-state index in [0.717, 1.165) is 37.7 Å². The van der Waals surface area contributed by atoms with Crippen LogP contribution in [0.25, 0.3) is 15.9 Å². The van der Waals surface area contributed by atoms with Crippen molar-refractivity contribution >= 4 is 32.6 Å². The zero-order valence-corrected chi connectivity index (χ0v) is 19.3. The third-order valence-electron chi connectivity index (χ3n) is 5.23. The van der Waals surface area contributed by atoms with E-state index in [1.165, 1.54) is 16.9 Å². The average Bonchev–Trinajstić information content (AvgIpc) is 3.33. The molecule has 31 heavy (non-hydrogen) atoms. The lowest BCUT2D eigenvalue weighted by molar-refractivity contribution is 0.155. The Morgan fingerprint density at radius 3 is 2.45 bits per heavy atom. The summed E-state index contributed by atoms with van der Waals surface area (Å²) in [7, 11) is 0. The van der Waals surface area contributed by atoms with Gasteiger partial charge in [-0.15, -0.1) is 0 Å². The molecule has 160 valence electrons. The minimum atomic E-state index is -0.478. The highest BCUT2D eigenvalue weighted by atomic mass is 32.1. The van der Waals surface area contributed by atoms with E-state index in [0.29, 0.717) is 0 Å². The van der Waals surface area contributed by atoms with Gasteiger partial charge >= 0.3 is 6.09 Å². The number of aryl methyl sites for hydroxylation is 2. The Bertz CT molecular complexity index is 1220. The number of hydrogen-bond donors (Lipinski definition) is 1. The summed E-state index contributed by atoms with van der Waals surface area (Å²) in [4.78, 5) is 18.2. The predicted molar refractivity (Wildman–Crippen MR) is 127 cm³/mol. The van der Waals surface area contributed by atoms with E-state index < -0.39 is 6.09 Å². The standard InChI is InChI=1S/C25H27N3O2S/c1-16-14-17(2)26-22-20(16)21(28-12-6-7-13-28)23(31-22)27-24(29)30-15-18-8-10-19(11-9-18)25(3,4)5/h6-14H,15H2,1-5H3,(H,27,29). The summed E-state index contributed by atoms with van der Waals surface area (Å²) < 4.78 is 7.51. The minimum absolute atomic E-state index is 0.0946. The quantitative estimate of drug-likeness (QED) is 0.387. The van der Waals surface area contributed by atoms with Crippen LogP contribution in [0.1, 0.15) is 43.2 Å². The maximum atomic E-state index is 12.6. The number of fused-ring (bicyclic) bond motifs is 1. The van der Waals surface area contributed by atoms with Gasteiger partial charge < -0.3 is 9.30 Å². The number of carbonyl (C=O) groups excluding carboxylic acids is 1. The van der Waals surface area contributed by atoms with E-state index in [1.54, 1.807) is 0 Å². The van der Waals surface area contributed by atoms with Crippen LogP contribution < -0.4 is 5.32 Å². The topological polar surface area (TPSA) is 56.2 Å². The molecule has 3 heterocycles. The minimum Gasteiger partial charge on any atom is -0.444 e. The molecule has 0 atom stereocenters. The molecule has 1 amide bonds. The summed E-state index contributed by atoms with van der Waals surface area (Å²) in [6.07, 6.45) is 3.46. The number of thiophene rings is 1. The van der Waals surface area contributed by atoms with Crippen molar-refractivity contribution < 1.29 is 9.53 Å². The van der Waals surface area contributed by atoms with Crippen LogP contribution in [0.3, 0.4) is 0 Å². The number of amides is 1. The summed E-state index contributed by atoms with van der Waals surface area (Å²) in [5.74, 6) is 0. The highest BCUT2D eigenvalue weighted by Gasteiger charge is 2.19. The van der Waals surface area contributed by atoms with Gasteiger partial charge in [0.05, 0.1) is 5.69 Å². The molecule has 0 aliphatic heterocycles. The third-order valence-corrected chi connectivity index (χ3v) is 6.22. The van der Waals surface area contributed by atoms with Gasteiger partial charge in [0.1, 0.15) is 16.4 Å². The molecule has 0 spiro atoms. The zero-order chi connectivity index (χ0) is 22.2.